The topological polar surface area (TPSA) is 20.2 Å². The van der Waals surface area contributed by atoms with Crippen molar-refractivity contribution < 1.29 is 13.3 Å². The number of allylic oxidation sites excluding steroid dienone is 6. The van der Waals surface area contributed by atoms with E-state index in [1.54, 1.807) is 6.92 Å². The molecule has 1 heteroatoms. The Morgan fingerprint density at radius 3 is 1.89 bits per heavy atom. The van der Waals surface area contributed by atoms with Crippen LogP contribution in [0.3, 0.4) is 0 Å². The second kappa shape index (κ2) is 17.2. The third-order valence-corrected chi connectivity index (χ3v) is 2.62. The van der Waals surface area contributed by atoms with E-state index >= 15 is 0 Å². The van der Waals surface area contributed by atoms with Crippen LogP contribution in [0.5, 0.6) is 0 Å². The molecule has 0 aromatic carbocycles. The molecule has 0 aromatic rings. The maximum atomic E-state index is 8.70. The van der Waals surface area contributed by atoms with E-state index in [1.807, 2.05) is 0 Å². The van der Waals surface area contributed by atoms with Crippen LogP contribution in [-0.4, -0.2) is 11.7 Å². The van der Waals surface area contributed by atoms with Gasteiger partial charge in [-0.15, -0.1) is 0 Å². The van der Waals surface area contributed by atoms with Gasteiger partial charge in [0.1, 0.15) is 0 Å². The van der Waals surface area contributed by atoms with Crippen molar-refractivity contribution in [1.29, 1.82) is 0 Å². The van der Waals surface area contributed by atoms with Gasteiger partial charge < -0.3 is 5.11 Å². The van der Waals surface area contributed by atoms with Crippen molar-refractivity contribution in [2.75, 3.05) is 6.61 Å². The molecule has 0 saturated carbocycles. The Morgan fingerprint density at radius 1 is 0.737 bits per heavy atom. The fourth-order valence-electron chi connectivity index (χ4n) is 1.58. The summed E-state index contributed by atoms with van der Waals surface area (Å²) in [6.07, 6.45) is 6.65. The van der Waals surface area contributed by atoms with Crippen LogP contribution in [0.25, 0.3) is 0 Å². The van der Waals surface area contributed by atoms with Gasteiger partial charge in [0, 0.05) is 6.61 Å². The van der Waals surface area contributed by atoms with E-state index in [0.29, 0.717) is 12.8 Å². The largest absolute Gasteiger partial charge is 0.396 e. The minimum atomic E-state index is -0.0556. The van der Waals surface area contributed by atoms with Crippen molar-refractivity contribution >= 4 is 0 Å². The number of hydrogen-bond acceptors (Lipinski definition) is 1. The highest BCUT2D eigenvalue weighted by Crippen LogP contribution is 2.07. The first kappa shape index (κ1) is 9.99. The van der Waals surface area contributed by atoms with E-state index in [-0.39, 0.29) is 55.8 Å². The molecule has 0 fully saturated rings. The first-order valence-electron chi connectivity index (χ1n) is 10.4. The number of hydrogen-bond donors (Lipinski definition) is 1. The van der Waals surface area contributed by atoms with Crippen LogP contribution >= 0.6 is 0 Å². The van der Waals surface area contributed by atoms with Crippen LogP contribution in [0.1, 0.15) is 79.4 Å². The number of rotatable bonds is 13. The maximum Gasteiger partial charge on any atom is 0.0576 e. The molecule has 0 saturated heterocycles. The predicted octanol–water partition coefficient (Wildman–Crippen LogP) is 5.57. The molecule has 0 radical (unpaired) electrons. The molecule has 0 amide bonds. The summed E-state index contributed by atoms with van der Waals surface area (Å²) in [7, 11) is 0. The first-order chi connectivity index (χ1) is 11.8. The lowest BCUT2D eigenvalue weighted by atomic mass is 10.1. The maximum absolute atomic E-state index is 8.70. The molecule has 0 unspecified atom stereocenters. The van der Waals surface area contributed by atoms with E-state index in [0.717, 1.165) is 38.5 Å². The molecule has 0 rings (SSSR count). The van der Waals surface area contributed by atoms with Crippen molar-refractivity contribution in [3.05, 3.63) is 36.3 Å². The minimum Gasteiger partial charge on any atom is -0.396 e. The molecule has 0 aliphatic carbocycles. The van der Waals surface area contributed by atoms with Gasteiger partial charge in [-0.05, 0) is 38.5 Å². The molecule has 0 atom stereocenters. The van der Waals surface area contributed by atoms with Gasteiger partial charge in [0.15, 0.2) is 0 Å². The van der Waals surface area contributed by atoms with Crippen molar-refractivity contribution in [3.63, 3.8) is 0 Å². The van der Waals surface area contributed by atoms with E-state index in [2.05, 4.69) is 0 Å². The van der Waals surface area contributed by atoms with Gasteiger partial charge >= 0.3 is 0 Å². The Labute approximate surface area is 128 Å². The van der Waals surface area contributed by atoms with Crippen LogP contribution in [-0.2, 0) is 0 Å². The summed E-state index contributed by atoms with van der Waals surface area (Å²) in [5.41, 5.74) is 0. The van der Waals surface area contributed by atoms with Crippen molar-refractivity contribution in [2.45, 2.75) is 71.1 Å². The molecule has 0 aromatic heterocycles. The monoisotopic (exact) mass is 270 g/mol. The standard InChI is InChI=1S/C18H32O/c1-2-3-4-5-6-7-8-9-10-11-12-13-14-15-16-17-18-19/h3-4,6-7,9-10,19H,2,5,8,11-18H2,1H3/b4-3-,7-6-,10-9-/i3D,4D,6D,7D,9D,10D. The van der Waals surface area contributed by atoms with Crippen LogP contribution in [0.15, 0.2) is 36.3 Å². The van der Waals surface area contributed by atoms with Gasteiger partial charge in [-0.1, -0.05) is 68.9 Å². The minimum absolute atomic E-state index is 0.0417. The average molecular weight is 270 g/mol. The molecule has 110 valence electrons. The van der Waals surface area contributed by atoms with E-state index in [4.69, 9.17) is 13.3 Å². The highest BCUT2D eigenvalue weighted by atomic mass is 16.2. The fourth-order valence-corrected chi connectivity index (χ4v) is 1.58. The van der Waals surface area contributed by atoms with Gasteiger partial charge in [0.2, 0.25) is 0 Å². The molecule has 0 heterocycles. The Kier molecular flexibility index (Phi) is 9.03. The zero-order chi connectivity index (χ0) is 19.2. The number of aliphatic hydroxyl groups excluding tert-OH is 1. The van der Waals surface area contributed by atoms with E-state index in [1.165, 1.54) is 0 Å². The summed E-state index contributed by atoms with van der Waals surface area (Å²) in [6.45, 7) is 2.01. The number of unbranched alkanes of at least 4 members (excludes halogenated alkanes) is 5. The zero-order valence-electron chi connectivity index (χ0n) is 18.2. The summed E-state index contributed by atoms with van der Waals surface area (Å²) >= 11 is 0. The third kappa shape index (κ3) is 17.2. The Balaban J connectivity index is 4.39. The lowest BCUT2D eigenvalue weighted by Gasteiger charge is -1.98. The normalized spacial score (nSPS) is 19.9. The molecular formula is C18H32O. The van der Waals surface area contributed by atoms with Crippen LogP contribution in [0.2, 0.25) is 0 Å². The summed E-state index contributed by atoms with van der Waals surface area (Å²) in [5.74, 6) is 0. The summed E-state index contributed by atoms with van der Waals surface area (Å²) in [4.78, 5) is 0. The molecule has 1 nitrogen and oxygen atoms in total. The zero-order valence-corrected chi connectivity index (χ0v) is 12.2. The van der Waals surface area contributed by atoms with Crippen LogP contribution in [0.4, 0.5) is 0 Å². The Bertz CT molecular complexity index is 482. The number of aliphatic hydroxyl groups is 1. The lowest BCUT2D eigenvalue weighted by molar-refractivity contribution is 0.282. The Hall–Kier alpha value is -0.820. The summed E-state index contributed by atoms with van der Waals surface area (Å²) < 4.78 is 46.8. The molecule has 0 bridgehead atoms. The highest BCUT2D eigenvalue weighted by molar-refractivity contribution is 4.96. The quantitative estimate of drug-likeness (QED) is 0.343. The third-order valence-electron chi connectivity index (χ3n) is 2.62. The van der Waals surface area contributed by atoms with E-state index < -0.39 is 0 Å². The molecular weight excluding hydrogens is 232 g/mol. The van der Waals surface area contributed by atoms with Crippen molar-refractivity contribution in [2.24, 2.45) is 0 Å². The summed E-state index contributed by atoms with van der Waals surface area (Å²) in [5, 5.41) is 8.70. The molecule has 0 aliphatic rings. The highest BCUT2D eigenvalue weighted by Gasteiger charge is 1.89. The van der Waals surface area contributed by atoms with Crippen molar-refractivity contribution in [3.8, 4) is 0 Å². The van der Waals surface area contributed by atoms with Gasteiger partial charge in [0.05, 0.1) is 8.22 Å². The summed E-state index contributed by atoms with van der Waals surface area (Å²) in [6, 6.07) is 0.382. The fraction of sp³-hybridized carbons (Fsp3) is 0.667. The lowest BCUT2D eigenvalue weighted by Crippen LogP contribution is -1.83. The second-order valence-corrected chi connectivity index (χ2v) is 4.36. The van der Waals surface area contributed by atoms with E-state index in [9.17, 15) is 0 Å². The molecule has 19 heavy (non-hydrogen) atoms. The van der Waals surface area contributed by atoms with Crippen LogP contribution < -0.4 is 0 Å². The van der Waals surface area contributed by atoms with Crippen LogP contribution in [0, 0.1) is 0 Å². The van der Waals surface area contributed by atoms with Gasteiger partial charge in [-0.25, -0.2) is 0 Å². The Morgan fingerprint density at radius 2 is 1.26 bits per heavy atom. The second-order valence-electron chi connectivity index (χ2n) is 4.36. The SMILES string of the molecule is [2H]/C(CC)=C(\[2H])C/C([2H])=C(/[2H])C/C([2H])=C(/[2H])CCCCCCCCO. The average Bonchev–Trinajstić information content (AvgIpc) is 2.59. The van der Waals surface area contributed by atoms with Crippen molar-refractivity contribution in [1.82, 2.24) is 0 Å². The molecule has 1 N–H and O–H groups in total. The first-order valence-corrected chi connectivity index (χ1v) is 7.39. The van der Waals surface area contributed by atoms with Gasteiger partial charge in [0.25, 0.3) is 0 Å². The molecule has 0 aliphatic heterocycles. The van der Waals surface area contributed by atoms with Gasteiger partial charge in [-0.3, -0.25) is 0 Å². The predicted molar refractivity (Wildman–Crippen MR) is 86.3 cm³/mol. The molecule has 0 spiro atoms. The van der Waals surface area contributed by atoms with Gasteiger partial charge in [-0.2, -0.15) is 0 Å². The smallest absolute Gasteiger partial charge is 0.0576 e.